The Balaban J connectivity index is 3.35. The second-order valence-electron chi connectivity index (χ2n) is 2.47. The zero-order chi connectivity index (χ0) is 10.0. The van der Waals surface area contributed by atoms with E-state index < -0.39 is 0 Å². The molecule has 5 heteroatoms. The van der Waals surface area contributed by atoms with Crippen LogP contribution in [-0.4, -0.2) is 17.9 Å². The van der Waals surface area contributed by atoms with E-state index in [2.05, 4.69) is 20.9 Å². The number of anilines is 1. The number of ketones is 1. The molecule has 1 rings (SSSR count). The number of aromatic nitrogens is 1. The zero-order valence-electron chi connectivity index (χ0n) is 7.30. The molecule has 0 fully saturated rings. The number of pyridine rings is 1. The lowest BCUT2D eigenvalue weighted by molar-refractivity contribution is 0.101. The molecule has 13 heavy (non-hydrogen) atoms. The Labute approximate surface area is 84.2 Å². The molecule has 2 N–H and O–H groups in total. The van der Waals surface area contributed by atoms with E-state index in [9.17, 15) is 4.79 Å². The number of carbonyl (C=O) groups is 1. The first-order chi connectivity index (χ1) is 6.06. The molecule has 0 aliphatic carbocycles. The molecule has 1 aromatic rings. The van der Waals surface area contributed by atoms with Gasteiger partial charge in [-0.3, -0.25) is 4.79 Å². The lowest BCUT2D eigenvalue weighted by atomic mass is 10.2. The first kappa shape index (κ1) is 9.98. The summed E-state index contributed by atoms with van der Waals surface area (Å²) in [6.45, 7) is 1.46. The van der Waals surface area contributed by atoms with Crippen LogP contribution in [0.3, 0.4) is 0 Å². The van der Waals surface area contributed by atoms with Crippen LogP contribution in [0.1, 0.15) is 17.3 Å². The molecule has 0 bridgehead atoms. The van der Waals surface area contributed by atoms with E-state index in [0.29, 0.717) is 15.9 Å². The number of rotatable bonds is 2. The number of halogens is 1. The molecular weight excluding hydrogens is 236 g/mol. The summed E-state index contributed by atoms with van der Waals surface area (Å²) >= 11 is 3.21. The molecule has 0 radical (unpaired) electrons. The van der Waals surface area contributed by atoms with E-state index in [0.717, 1.165) is 0 Å². The monoisotopic (exact) mass is 244 g/mol. The van der Waals surface area contributed by atoms with Crippen molar-refractivity contribution >= 4 is 27.5 Å². The number of ether oxygens (including phenoxy) is 1. The predicted molar refractivity (Wildman–Crippen MR) is 52.9 cm³/mol. The van der Waals surface area contributed by atoms with E-state index in [-0.39, 0.29) is 11.6 Å². The molecule has 70 valence electrons. The van der Waals surface area contributed by atoms with Crippen LogP contribution in [0.15, 0.2) is 10.5 Å². The quantitative estimate of drug-likeness (QED) is 0.804. The van der Waals surface area contributed by atoms with Crippen molar-refractivity contribution in [3.05, 3.63) is 16.1 Å². The van der Waals surface area contributed by atoms with Crippen LogP contribution in [-0.2, 0) is 0 Å². The maximum absolute atomic E-state index is 11.1. The van der Waals surface area contributed by atoms with E-state index >= 15 is 0 Å². The molecule has 4 nitrogen and oxygen atoms in total. The van der Waals surface area contributed by atoms with Crippen LogP contribution in [0.4, 0.5) is 5.82 Å². The topological polar surface area (TPSA) is 65.2 Å². The SMILES string of the molecule is COc1nc(N)cc(C(C)=O)c1Br. The number of methoxy groups -OCH3 is 1. The lowest BCUT2D eigenvalue weighted by Gasteiger charge is -2.06. The fraction of sp³-hybridized carbons (Fsp3) is 0.250. The smallest absolute Gasteiger partial charge is 0.230 e. The van der Waals surface area contributed by atoms with E-state index in [4.69, 9.17) is 10.5 Å². The first-order valence-corrected chi connectivity index (χ1v) is 4.36. The molecule has 0 atom stereocenters. The van der Waals surface area contributed by atoms with Crippen molar-refractivity contribution in [3.8, 4) is 5.88 Å². The minimum atomic E-state index is -0.0840. The van der Waals surface area contributed by atoms with Gasteiger partial charge in [-0.15, -0.1) is 0 Å². The predicted octanol–water partition coefficient (Wildman–Crippen LogP) is 1.64. The molecule has 0 saturated carbocycles. The summed E-state index contributed by atoms with van der Waals surface area (Å²) in [5, 5.41) is 0. The van der Waals surface area contributed by atoms with Gasteiger partial charge in [-0.1, -0.05) is 0 Å². The number of nitrogens with two attached hydrogens (primary N) is 1. The van der Waals surface area contributed by atoms with Crippen molar-refractivity contribution < 1.29 is 9.53 Å². The Morgan fingerprint density at radius 2 is 2.31 bits per heavy atom. The summed E-state index contributed by atoms with van der Waals surface area (Å²) in [7, 11) is 1.47. The molecule has 0 amide bonds. The first-order valence-electron chi connectivity index (χ1n) is 3.57. The number of nitrogen functional groups attached to an aromatic ring is 1. The van der Waals surface area contributed by atoms with Crippen molar-refractivity contribution in [1.82, 2.24) is 4.98 Å². The normalized spacial score (nSPS) is 9.77. The van der Waals surface area contributed by atoms with Crippen LogP contribution in [0.25, 0.3) is 0 Å². The Bertz CT molecular complexity index is 352. The van der Waals surface area contributed by atoms with Gasteiger partial charge in [0, 0.05) is 5.56 Å². The van der Waals surface area contributed by atoms with Gasteiger partial charge >= 0.3 is 0 Å². The summed E-state index contributed by atoms with van der Waals surface area (Å²) in [5.74, 6) is 0.509. The van der Waals surface area contributed by atoms with Gasteiger partial charge in [-0.2, -0.15) is 4.98 Å². The minimum Gasteiger partial charge on any atom is -0.480 e. The van der Waals surface area contributed by atoms with Crippen LogP contribution >= 0.6 is 15.9 Å². The molecule has 0 spiro atoms. The molecule has 0 saturated heterocycles. The number of hydrogen-bond donors (Lipinski definition) is 1. The maximum atomic E-state index is 11.1. The lowest BCUT2D eigenvalue weighted by Crippen LogP contribution is -2.02. The van der Waals surface area contributed by atoms with Gasteiger partial charge in [0.05, 0.1) is 11.6 Å². The van der Waals surface area contributed by atoms with Gasteiger partial charge < -0.3 is 10.5 Å². The van der Waals surface area contributed by atoms with E-state index in [1.807, 2.05) is 0 Å². The summed E-state index contributed by atoms with van der Waals surface area (Å²) in [6, 6.07) is 1.51. The number of carbonyl (C=O) groups excluding carboxylic acids is 1. The third-order valence-corrected chi connectivity index (χ3v) is 2.29. The molecule has 0 aliphatic heterocycles. The summed E-state index contributed by atoms with van der Waals surface area (Å²) in [5.41, 5.74) is 5.95. The largest absolute Gasteiger partial charge is 0.480 e. The summed E-state index contributed by atoms with van der Waals surface area (Å²) < 4.78 is 5.47. The Morgan fingerprint density at radius 1 is 1.69 bits per heavy atom. The molecule has 1 aromatic heterocycles. The van der Waals surface area contributed by atoms with Gasteiger partial charge in [0.2, 0.25) is 5.88 Å². The zero-order valence-corrected chi connectivity index (χ0v) is 8.88. The molecular formula is C8H9BrN2O2. The molecule has 0 unspecified atom stereocenters. The van der Waals surface area contributed by atoms with Crippen LogP contribution in [0.5, 0.6) is 5.88 Å². The standard InChI is InChI=1S/C8H9BrN2O2/c1-4(12)5-3-6(10)11-8(13-2)7(5)9/h3H,1-2H3,(H2,10,11). The van der Waals surface area contributed by atoms with Gasteiger partial charge in [-0.25, -0.2) is 0 Å². The third kappa shape index (κ3) is 1.98. The number of nitrogens with zero attached hydrogens (tertiary/aromatic N) is 1. The van der Waals surface area contributed by atoms with E-state index in [1.165, 1.54) is 20.1 Å². The Morgan fingerprint density at radius 3 is 2.77 bits per heavy atom. The van der Waals surface area contributed by atoms with Crippen molar-refractivity contribution in [2.45, 2.75) is 6.92 Å². The van der Waals surface area contributed by atoms with Gasteiger partial charge in [0.15, 0.2) is 5.78 Å². The second kappa shape index (κ2) is 3.74. The maximum Gasteiger partial charge on any atom is 0.230 e. The fourth-order valence-electron chi connectivity index (χ4n) is 0.916. The Kier molecular flexibility index (Phi) is 2.87. The molecule has 0 aromatic carbocycles. The molecule has 0 aliphatic rings. The average molecular weight is 245 g/mol. The number of Topliss-reactive ketones (excluding diaryl/α,β-unsaturated/α-hetero) is 1. The van der Waals surface area contributed by atoms with Crippen LogP contribution in [0.2, 0.25) is 0 Å². The van der Waals surface area contributed by atoms with Gasteiger partial charge in [0.25, 0.3) is 0 Å². The van der Waals surface area contributed by atoms with Crippen molar-refractivity contribution in [1.29, 1.82) is 0 Å². The van der Waals surface area contributed by atoms with Gasteiger partial charge in [0.1, 0.15) is 5.82 Å². The van der Waals surface area contributed by atoms with Gasteiger partial charge in [-0.05, 0) is 28.9 Å². The van der Waals surface area contributed by atoms with E-state index in [1.54, 1.807) is 0 Å². The van der Waals surface area contributed by atoms with Crippen molar-refractivity contribution in [3.63, 3.8) is 0 Å². The second-order valence-corrected chi connectivity index (χ2v) is 3.27. The molecule has 1 heterocycles. The van der Waals surface area contributed by atoms with Crippen molar-refractivity contribution in [2.24, 2.45) is 0 Å². The average Bonchev–Trinajstić information content (AvgIpc) is 2.08. The summed E-state index contributed by atoms with van der Waals surface area (Å²) in [6.07, 6.45) is 0. The highest BCUT2D eigenvalue weighted by atomic mass is 79.9. The highest BCUT2D eigenvalue weighted by Gasteiger charge is 2.12. The highest BCUT2D eigenvalue weighted by Crippen LogP contribution is 2.28. The number of hydrogen-bond acceptors (Lipinski definition) is 4. The fourth-order valence-corrected chi connectivity index (χ4v) is 1.56. The van der Waals surface area contributed by atoms with Crippen molar-refractivity contribution in [2.75, 3.05) is 12.8 Å². The highest BCUT2D eigenvalue weighted by molar-refractivity contribution is 9.10. The summed E-state index contributed by atoms with van der Waals surface area (Å²) in [4.78, 5) is 15.0. The van der Waals surface area contributed by atoms with Crippen LogP contribution in [0, 0.1) is 0 Å². The minimum absolute atomic E-state index is 0.0840. The Hall–Kier alpha value is -1.10. The third-order valence-electron chi connectivity index (χ3n) is 1.52. The van der Waals surface area contributed by atoms with Crippen LogP contribution < -0.4 is 10.5 Å².